The van der Waals surface area contributed by atoms with Crippen LogP contribution in [0.3, 0.4) is 0 Å². The molecule has 0 spiro atoms. The summed E-state index contributed by atoms with van der Waals surface area (Å²) >= 11 is 0. The molecule has 0 unspecified atom stereocenters. The van der Waals surface area contributed by atoms with E-state index in [1.807, 2.05) is 0 Å². The standard InChI is InChI=1S/C21H23FN5O3/c1-13(28)19-4-3-16(11-24-19)25-20-10-18(22)17(21(23)30)9-15(20)12-26-5-7-27(8-6-26)14(2)29/h3-4,9-11,23,25H,5-8,12H2,1-2H3. The monoisotopic (exact) mass is 412 g/mol. The summed E-state index contributed by atoms with van der Waals surface area (Å²) in [5.74, 6) is -2.00. The first-order chi connectivity index (χ1) is 14.2. The first-order valence-electron chi connectivity index (χ1n) is 9.55. The number of amides is 2. The van der Waals surface area contributed by atoms with Crippen molar-refractivity contribution in [2.75, 3.05) is 31.5 Å². The van der Waals surface area contributed by atoms with Crippen LogP contribution >= 0.6 is 0 Å². The highest BCUT2D eigenvalue weighted by atomic mass is 19.1. The van der Waals surface area contributed by atoms with E-state index >= 15 is 0 Å². The number of rotatable bonds is 6. The summed E-state index contributed by atoms with van der Waals surface area (Å²) in [4.78, 5) is 42.4. The highest BCUT2D eigenvalue weighted by molar-refractivity contribution is 5.93. The Balaban J connectivity index is 1.84. The molecule has 0 saturated carbocycles. The van der Waals surface area contributed by atoms with Crippen LogP contribution in [0.2, 0.25) is 0 Å². The number of anilines is 2. The van der Waals surface area contributed by atoms with Gasteiger partial charge in [-0.2, -0.15) is 0 Å². The van der Waals surface area contributed by atoms with Gasteiger partial charge in [-0.3, -0.25) is 30.0 Å². The molecule has 1 aromatic carbocycles. The van der Waals surface area contributed by atoms with Crippen LogP contribution in [0.25, 0.3) is 0 Å². The van der Waals surface area contributed by atoms with Crippen molar-refractivity contribution < 1.29 is 18.8 Å². The molecule has 9 heteroatoms. The molecular formula is C21H23FN5O3. The van der Waals surface area contributed by atoms with Gasteiger partial charge in [0.2, 0.25) is 5.91 Å². The highest BCUT2D eigenvalue weighted by Gasteiger charge is 2.21. The van der Waals surface area contributed by atoms with Gasteiger partial charge >= 0.3 is 0 Å². The lowest BCUT2D eigenvalue weighted by Crippen LogP contribution is -2.47. The van der Waals surface area contributed by atoms with Gasteiger partial charge in [0.05, 0.1) is 17.4 Å². The molecule has 1 aliphatic rings. The van der Waals surface area contributed by atoms with Gasteiger partial charge < -0.3 is 10.2 Å². The molecular weight excluding hydrogens is 389 g/mol. The number of nitrogens with zero attached hydrogens (tertiary/aromatic N) is 3. The van der Waals surface area contributed by atoms with Crippen molar-refractivity contribution in [2.45, 2.75) is 20.4 Å². The molecule has 1 radical (unpaired) electrons. The number of pyridine rings is 1. The number of hydrogen-bond donors (Lipinski definition) is 1. The molecule has 1 aliphatic heterocycles. The van der Waals surface area contributed by atoms with Crippen molar-refractivity contribution >= 4 is 29.0 Å². The summed E-state index contributed by atoms with van der Waals surface area (Å²) < 4.78 is 14.4. The Morgan fingerprint density at radius 1 is 1.13 bits per heavy atom. The number of aromatic nitrogens is 1. The molecule has 0 atom stereocenters. The fraction of sp³-hybridized carbons (Fsp3) is 0.333. The molecule has 1 aromatic heterocycles. The molecule has 2 aromatic rings. The maximum atomic E-state index is 14.4. The molecule has 157 valence electrons. The minimum atomic E-state index is -1.09. The van der Waals surface area contributed by atoms with Gasteiger partial charge in [-0.05, 0) is 29.8 Å². The van der Waals surface area contributed by atoms with Crippen LogP contribution in [0.1, 0.15) is 40.3 Å². The Morgan fingerprint density at radius 2 is 1.83 bits per heavy atom. The molecule has 0 aliphatic carbocycles. The van der Waals surface area contributed by atoms with E-state index in [4.69, 9.17) is 5.73 Å². The van der Waals surface area contributed by atoms with E-state index in [-0.39, 0.29) is 17.3 Å². The molecule has 0 bridgehead atoms. The van der Waals surface area contributed by atoms with Crippen LogP contribution in [-0.2, 0) is 11.3 Å². The summed E-state index contributed by atoms with van der Waals surface area (Å²) in [6, 6.07) is 5.83. The van der Waals surface area contributed by atoms with E-state index < -0.39 is 11.7 Å². The Bertz CT molecular complexity index is 969. The quantitative estimate of drug-likeness (QED) is 0.730. The normalized spacial score (nSPS) is 14.4. The lowest BCUT2D eigenvalue weighted by molar-refractivity contribution is -0.130. The van der Waals surface area contributed by atoms with Crippen LogP contribution in [0, 0.1) is 5.82 Å². The Hall–Kier alpha value is -3.33. The van der Waals surface area contributed by atoms with E-state index in [1.54, 1.807) is 17.0 Å². The van der Waals surface area contributed by atoms with E-state index in [1.165, 1.54) is 32.2 Å². The van der Waals surface area contributed by atoms with E-state index in [0.717, 1.165) is 0 Å². The van der Waals surface area contributed by atoms with Crippen LogP contribution < -0.4 is 11.1 Å². The van der Waals surface area contributed by atoms with E-state index in [2.05, 4.69) is 15.2 Å². The van der Waals surface area contributed by atoms with E-state index in [9.17, 15) is 18.8 Å². The summed E-state index contributed by atoms with van der Waals surface area (Å²) in [5.41, 5.74) is 9.00. The van der Waals surface area contributed by atoms with Gasteiger partial charge in [0.15, 0.2) is 5.78 Å². The van der Waals surface area contributed by atoms with Gasteiger partial charge in [-0.15, -0.1) is 0 Å². The molecule has 1 saturated heterocycles. The number of halogens is 1. The number of carbonyl (C=O) groups is 3. The van der Waals surface area contributed by atoms with Gasteiger partial charge in [0, 0.05) is 52.3 Å². The number of benzene rings is 1. The highest BCUT2D eigenvalue weighted by Crippen LogP contribution is 2.26. The summed E-state index contributed by atoms with van der Waals surface area (Å²) in [6.07, 6.45) is 1.48. The molecule has 1 fully saturated rings. The van der Waals surface area contributed by atoms with Gasteiger partial charge in [-0.25, -0.2) is 4.39 Å². The van der Waals surface area contributed by atoms with Gasteiger partial charge in [0.1, 0.15) is 11.5 Å². The van der Waals surface area contributed by atoms with Crippen molar-refractivity contribution in [3.8, 4) is 0 Å². The third kappa shape index (κ3) is 4.98. The second-order valence-corrected chi connectivity index (χ2v) is 7.21. The summed E-state index contributed by atoms with van der Waals surface area (Å²) in [7, 11) is 0. The first kappa shape index (κ1) is 21.4. The second kappa shape index (κ2) is 9.00. The number of piperazine rings is 1. The fourth-order valence-corrected chi connectivity index (χ4v) is 3.33. The average Bonchev–Trinajstić information content (AvgIpc) is 2.70. The number of nitrogens with one attached hydrogen (secondary N) is 2. The first-order valence-corrected chi connectivity index (χ1v) is 9.55. The summed E-state index contributed by atoms with van der Waals surface area (Å²) in [5, 5.41) is 3.08. The minimum absolute atomic E-state index is 0.0300. The smallest absolute Gasteiger partial charge is 0.272 e. The topological polar surface area (TPSA) is 106 Å². The Kier molecular flexibility index (Phi) is 6.41. The molecule has 2 N–H and O–H groups in total. The van der Waals surface area contributed by atoms with Crippen molar-refractivity contribution in [3.63, 3.8) is 0 Å². The zero-order valence-electron chi connectivity index (χ0n) is 16.9. The maximum Gasteiger partial charge on any atom is 0.272 e. The Morgan fingerprint density at radius 3 is 2.37 bits per heavy atom. The van der Waals surface area contributed by atoms with Gasteiger partial charge in [0.25, 0.3) is 5.91 Å². The lowest BCUT2D eigenvalue weighted by Gasteiger charge is -2.34. The second-order valence-electron chi connectivity index (χ2n) is 7.21. The average molecular weight is 412 g/mol. The molecule has 8 nitrogen and oxygen atoms in total. The zero-order chi connectivity index (χ0) is 21.8. The number of carbonyl (C=O) groups excluding carboxylic acids is 3. The number of hydrogen-bond acceptors (Lipinski definition) is 6. The van der Waals surface area contributed by atoms with Crippen LogP contribution in [-0.4, -0.2) is 58.6 Å². The third-order valence-electron chi connectivity index (χ3n) is 5.05. The van der Waals surface area contributed by atoms with Crippen LogP contribution in [0.5, 0.6) is 0 Å². The molecule has 2 heterocycles. The van der Waals surface area contributed by atoms with E-state index in [0.29, 0.717) is 55.4 Å². The number of Topliss-reactive ketones (excluding diaryl/α,β-unsaturated/α-hetero) is 1. The van der Waals surface area contributed by atoms with Crippen molar-refractivity contribution in [1.29, 1.82) is 0 Å². The third-order valence-corrected chi connectivity index (χ3v) is 5.05. The predicted molar refractivity (Wildman–Crippen MR) is 109 cm³/mol. The SMILES string of the molecule is CC(=O)c1ccc(Nc2cc(F)c(C([NH])=O)cc2CN2CCN(C(C)=O)CC2)cn1. The maximum absolute atomic E-state index is 14.4. The van der Waals surface area contributed by atoms with Crippen LogP contribution in [0.15, 0.2) is 30.5 Å². The van der Waals surface area contributed by atoms with Gasteiger partial charge in [-0.1, -0.05) is 0 Å². The Labute approximate surface area is 173 Å². The van der Waals surface area contributed by atoms with Crippen molar-refractivity contribution in [3.05, 3.63) is 53.1 Å². The van der Waals surface area contributed by atoms with Crippen molar-refractivity contribution in [2.24, 2.45) is 0 Å². The largest absolute Gasteiger partial charge is 0.354 e. The molecule has 2 amide bonds. The lowest BCUT2D eigenvalue weighted by atomic mass is 10.1. The predicted octanol–water partition coefficient (Wildman–Crippen LogP) is 2.25. The number of ketones is 1. The minimum Gasteiger partial charge on any atom is -0.354 e. The van der Waals surface area contributed by atoms with Crippen LogP contribution in [0.4, 0.5) is 15.8 Å². The fourth-order valence-electron chi connectivity index (χ4n) is 3.33. The molecule has 30 heavy (non-hydrogen) atoms. The molecule has 3 rings (SSSR count). The van der Waals surface area contributed by atoms with Crippen molar-refractivity contribution in [1.82, 2.24) is 20.5 Å². The summed E-state index contributed by atoms with van der Waals surface area (Å²) in [6.45, 7) is 5.87. The zero-order valence-corrected chi connectivity index (χ0v) is 16.9.